The van der Waals surface area contributed by atoms with Crippen molar-refractivity contribution in [1.29, 1.82) is 0 Å². The highest BCUT2D eigenvalue weighted by molar-refractivity contribution is 6.30. The largest absolute Gasteiger partial charge is 0.402 e. The SMILES string of the molecule is CC.CCCC1=C(C(=O)CC)C2=C(CC1C)c1c(cnc(Oc3ncc(CNC)c(Cl)n3)c1F)CC2. The minimum atomic E-state index is -0.543. The minimum absolute atomic E-state index is 0.0646. The summed E-state index contributed by atoms with van der Waals surface area (Å²) in [6.45, 7) is 10.7. The van der Waals surface area contributed by atoms with Crippen LogP contribution in [0.1, 0.15) is 83.4 Å². The van der Waals surface area contributed by atoms with E-state index in [0.717, 1.165) is 41.5 Å². The van der Waals surface area contributed by atoms with Crippen molar-refractivity contribution in [1.82, 2.24) is 20.3 Å². The Morgan fingerprint density at radius 3 is 2.58 bits per heavy atom. The number of allylic oxidation sites excluding steroid dienone is 4. The Bertz CT molecular complexity index is 1190. The molecule has 2 heterocycles. The van der Waals surface area contributed by atoms with Crippen molar-refractivity contribution < 1.29 is 13.9 Å². The van der Waals surface area contributed by atoms with Gasteiger partial charge in [-0.05, 0) is 55.4 Å². The van der Waals surface area contributed by atoms with Crippen molar-refractivity contribution in [2.75, 3.05) is 7.05 Å². The number of pyridine rings is 1. The van der Waals surface area contributed by atoms with Gasteiger partial charge in [0.15, 0.2) is 11.6 Å². The van der Waals surface area contributed by atoms with Crippen LogP contribution in [0.5, 0.6) is 11.9 Å². The van der Waals surface area contributed by atoms with Crippen molar-refractivity contribution in [3.8, 4) is 11.9 Å². The van der Waals surface area contributed by atoms with Gasteiger partial charge in [-0.1, -0.05) is 58.2 Å². The second kappa shape index (κ2) is 12.5. The van der Waals surface area contributed by atoms with Gasteiger partial charge >= 0.3 is 6.01 Å². The third kappa shape index (κ3) is 5.52. The molecule has 2 aromatic heterocycles. The zero-order chi connectivity index (χ0) is 26.4. The van der Waals surface area contributed by atoms with Gasteiger partial charge in [-0.15, -0.1) is 0 Å². The van der Waals surface area contributed by atoms with E-state index in [4.69, 9.17) is 16.3 Å². The first-order valence-corrected chi connectivity index (χ1v) is 13.3. The second-order valence-electron chi connectivity index (χ2n) is 8.87. The Morgan fingerprint density at radius 1 is 1.19 bits per heavy atom. The number of nitrogens with zero attached hydrogens (tertiary/aromatic N) is 3. The maximum absolute atomic E-state index is 15.9. The zero-order valence-corrected chi connectivity index (χ0v) is 22.9. The Morgan fingerprint density at radius 2 is 1.94 bits per heavy atom. The average Bonchev–Trinajstić information content (AvgIpc) is 2.88. The van der Waals surface area contributed by atoms with E-state index in [1.54, 1.807) is 19.4 Å². The van der Waals surface area contributed by atoms with Crippen molar-refractivity contribution >= 4 is 23.0 Å². The number of nitrogens with one attached hydrogen (secondary N) is 1. The molecule has 0 amide bonds. The molecule has 0 aromatic carbocycles. The first-order valence-electron chi connectivity index (χ1n) is 12.9. The molecule has 194 valence electrons. The number of Topliss-reactive ketones (excluding diaryl/α,β-unsaturated/α-hetero) is 1. The molecule has 1 N–H and O–H groups in total. The second-order valence-corrected chi connectivity index (χ2v) is 9.23. The molecule has 2 aliphatic carbocycles. The fraction of sp³-hybridized carbons (Fsp3) is 0.500. The number of aromatic nitrogens is 3. The molecule has 2 aliphatic rings. The Kier molecular flexibility index (Phi) is 9.74. The molecular weight excluding hydrogens is 479 g/mol. The van der Waals surface area contributed by atoms with Crippen LogP contribution in [0.3, 0.4) is 0 Å². The van der Waals surface area contributed by atoms with Crippen LogP contribution >= 0.6 is 11.6 Å². The molecule has 0 fully saturated rings. The van der Waals surface area contributed by atoms with Crippen LogP contribution in [0.2, 0.25) is 5.15 Å². The van der Waals surface area contributed by atoms with Gasteiger partial charge in [-0.25, -0.2) is 14.4 Å². The molecule has 4 rings (SSSR count). The van der Waals surface area contributed by atoms with Crippen LogP contribution in [0.4, 0.5) is 4.39 Å². The summed E-state index contributed by atoms with van der Waals surface area (Å²) >= 11 is 6.21. The standard InChI is InChI=1S/C26H30ClFN4O2.C2H6/c1-5-7-17-14(3)10-19-18(22(17)20(33)6-2)9-8-15-12-30-25(23(28)21(15)19)34-26-31-13-16(11-29-4)24(27)32-26;1-2/h12-14,29H,5-11H2,1-4H3;1-2H3. The lowest BCUT2D eigenvalue weighted by atomic mass is 9.70. The number of aryl methyl sites for hydroxylation is 1. The number of ketones is 1. The van der Waals surface area contributed by atoms with E-state index in [0.29, 0.717) is 36.9 Å². The molecule has 36 heavy (non-hydrogen) atoms. The number of fused-ring (bicyclic) bond motifs is 2. The summed E-state index contributed by atoms with van der Waals surface area (Å²) in [5, 5.41) is 3.22. The highest BCUT2D eigenvalue weighted by Gasteiger charge is 2.35. The van der Waals surface area contributed by atoms with E-state index in [1.165, 1.54) is 5.57 Å². The number of rotatable bonds is 8. The van der Waals surface area contributed by atoms with E-state index in [9.17, 15) is 4.79 Å². The van der Waals surface area contributed by atoms with Crippen molar-refractivity contribution in [2.24, 2.45) is 5.92 Å². The molecule has 0 bridgehead atoms. The molecule has 2 aromatic rings. The third-order valence-electron chi connectivity index (χ3n) is 6.57. The number of carbonyl (C=O) groups is 1. The topological polar surface area (TPSA) is 77.0 Å². The Hall–Kier alpha value is -2.64. The van der Waals surface area contributed by atoms with Crippen LogP contribution in [0.25, 0.3) is 5.57 Å². The van der Waals surface area contributed by atoms with Crippen LogP contribution in [0.15, 0.2) is 29.1 Å². The number of halogens is 2. The molecule has 0 radical (unpaired) electrons. The maximum Gasteiger partial charge on any atom is 0.324 e. The van der Waals surface area contributed by atoms with Gasteiger partial charge in [-0.2, -0.15) is 4.98 Å². The number of hydrogen-bond acceptors (Lipinski definition) is 6. The molecule has 0 aliphatic heterocycles. The highest BCUT2D eigenvalue weighted by Crippen LogP contribution is 2.48. The monoisotopic (exact) mass is 514 g/mol. The van der Waals surface area contributed by atoms with E-state index in [-0.39, 0.29) is 28.7 Å². The zero-order valence-electron chi connectivity index (χ0n) is 22.1. The van der Waals surface area contributed by atoms with Crippen LogP contribution in [-0.2, 0) is 17.8 Å². The molecule has 8 heteroatoms. The maximum atomic E-state index is 15.9. The summed E-state index contributed by atoms with van der Waals surface area (Å²) < 4.78 is 21.5. The first kappa shape index (κ1) is 27.9. The molecule has 1 unspecified atom stereocenters. The fourth-order valence-corrected chi connectivity index (χ4v) is 5.19. The Labute approximate surface area is 218 Å². The van der Waals surface area contributed by atoms with Crippen molar-refractivity contribution in [3.63, 3.8) is 0 Å². The first-order chi connectivity index (χ1) is 17.4. The lowest BCUT2D eigenvalue weighted by molar-refractivity contribution is -0.115. The minimum Gasteiger partial charge on any atom is -0.402 e. The van der Waals surface area contributed by atoms with Gasteiger partial charge in [0.1, 0.15) is 5.15 Å². The van der Waals surface area contributed by atoms with E-state index in [1.807, 2.05) is 20.8 Å². The lowest BCUT2D eigenvalue weighted by Gasteiger charge is -2.34. The average molecular weight is 515 g/mol. The number of hydrogen-bond donors (Lipinski definition) is 1. The van der Waals surface area contributed by atoms with Gasteiger partial charge in [0.05, 0.1) is 0 Å². The van der Waals surface area contributed by atoms with E-state index in [2.05, 4.69) is 34.1 Å². The number of carbonyl (C=O) groups excluding carboxylic acids is 1. The summed E-state index contributed by atoms with van der Waals surface area (Å²) in [4.78, 5) is 25.5. The smallest absolute Gasteiger partial charge is 0.324 e. The predicted octanol–water partition coefficient (Wildman–Crippen LogP) is 7.02. The summed E-state index contributed by atoms with van der Waals surface area (Å²) in [6, 6.07) is -0.0646. The molecule has 0 saturated heterocycles. The molecule has 0 saturated carbocycles. The van der Waals surface area contributed by atoms with Gasteiger partial charge in [-0.3, -0.25) is 4.79 Å². The third-order valence-corrected chi connectivity index (χ3v) is 6.90. The van der Waals surface area contributed by atoms with Crippen molar-refractivity contribution in [2.45, 2.75) is 79.7 Å². The Balaban J connectivity index is 0.00000176. The van der Waals surface area contributed by atoms with Crippen LogP contribution in [0, 0.1) is 11.7 Å². The molecule has 0 spiro atoms. The quantitative estimate of drug-likeness (QED) is 0.381. The normalized spacial score (nSPS) is 16.7. The highest BCUT2D eigenvalue weighted by atomic mass is 35.5. The van der Waals surface area contributed by atoms with Gasteiger partial charge < -0.3 is 10.1 Å². The summed E-state index contributed by atoms with van der Waals surface area (Å²) in [7, 11) is 1.79. The molecular formula is C28H36ClFN4O2. The van der Waals surface area contributed by atoms with Gasteiger partial charge in [0.25, 0.3) is 5.88 Å². The summed E-state index contributed by atoms with van der Waals surface area (Å²) in [5.41, 5.74) is 5.99. The predicted molar refractivity (Wildman–Crippen MR) is 142 cm³/mol. The van der Waals surface area contributed by atoms with Crippen LogP contribution < -0.4 is 10.1 Å². The summed E-state index contributed by atoms with van der Waals surface area (Å²) in [6.07, 6.45) is 7.55. The molecule has 1 atom stereocenters. The van der Waals surface area contributed by atoms with E-state index >= 15 is 4.39 Å². The lowest BCUT2D eigenvalue weighted by Crippen LogP contribution is -2.22. The van der Waals surface area contributed by atoms with Gasteiger partial charge in [0, 0.05) is 42.1 Å². The summed E-state index contributed by atoms with van der Waals surface area (Å²) in [5.74, 6) is -0.419. The number of ether oxygens (including phenoxy) is 1. The molecule has 6 nitrogen and oxygen atoms in total. The fourth-order valence-electron chi connectivity index (χ4n) is 5.01. The van der Waals surface area contributed by atoms with E-state index < -0.39 is 5.82 Å². The van der Waals surface area contributed by atoms with Gasteiger partial charge in [0.2, 0.25) is 0 Å². The van der Waals surface area contributed by atoms with Crippen LogP contribution in [-0.4, -0.2) is 27.8 Å². The van der Waals surface area contributed by atoms with Crippen molar-refractivity contribution in [3.05, 3.63) is 56.8 Å².